The molecule has 1 fully saturated rings. The summed E-state index contributed by atoms with van der Waals surface area (Å²) in [4.78, 5) is 18.5. The van der Waals surface area contributed by atoms with Crippen LogP contribution < -0.4 is 5.32 Å². The van der Waals surface area contributed by atoms with Gasteiger partial charge in [-0.15, -0.1) is 0 Å². The predicted molar refractivity (Wildman–Crippen MR) is 85.7 cm³/mol. The highest BCUT2D eigenvalue weighted by molar-refractivity contribution is 5.86. The van der Waals surface area contributed by atoms with Gasteiger partial charge in [-0.25, -0.2) is 4.98 Å². The van der Waals surface area contributed by atoms with Gasteiger partial charge in [-0.3, -0.25) is 9.69 Å². The van der Waals surface area contributed by atoms with E-state index in [0.717, 1.165) is 18.6 Å². The first-order valence-electron chi connectivity index (χ1n) is 8.24. The monoisotopic (exact) mass is 355 g/mol. The highest BCUT2D eigenvalue weighted by Gasteiger charge is 2.41. The zero-order valence-electron chi connectivity index (χ0n) is 14.1. The second-order valence-electron chi connectivity index (χ2n) is 6.49. The number of aromatic nitrogens is 1. The molecule has 0 bridgehead atoms. The summed E-state index contributed by atoms with van der Waals surface area (Å²) in [7, 11) is 0. The topological polar surface area (TPSA) is 58.4 Å². The van der Waals surface area contributed by atoms with E-state index >= 15 is 0 Å². The second-order valence-corrected chi connectivity index (χ2v) is 6.49. The Hall–Kier alpha value is -2.09. The van der Waals surface area contributed by atoms with Crippen molar-refractivity contribution in [2.75, 3.05) is 13.1 Å². The van der Waals surface area contributed by atoms with Gasteiger partial charge >= 0.3 is 6.18 Å². The van der Waals surface area contributed by atoms with Crippen LogP contribution in [-0.2, 0) is 17.5 Å². The third-order valence-corrected chi connectivity index (χ3v) is 4.68. The Morgan fingerprint density at radius 2 is 2.16 bits per heavy atom. The Morgan fingerprint density at radius 1 is 1.40 bits per heavy atom. The number of nitrogens with one attached hydrogen (secondary N) is 1. The number of hydrogen-bond donors (Lipinski definition) is 1. The number of oxazole rings is 1. The Kier molecular flexibility index (Phi) is 4.49. The highest BCUT2D eigenvalue weighted by atomic mass is 19.4. The van der Waals surface area contributed by atoms with Crippen LogP contribution in [0.25, 0.3) is 11.1 Å². The number of benzene rings is 1. The molecule has 0 spiro atoms. The van der Waals surface area contributed by atoms with E-state index in [1.165, 1.54) is 6.07 Å². The van der Waals surface area contributed by atoms with Crippen LogP contribution in [0.3, 0.4) is 0 Å². The molecule has 136 valence electrons. The van der Waals surface area contributed by atoms with Crippen molar-refractivity contribution in [1.82, 2.24) is 15.2 Å². The number of alkyl halides is 3. The quantitative estimate of drug-likeness (QED) is 0.914. The number of carbonyl (C=O) groups is 1. The molecule has 1 amide bonds. The summed E-state index contributed by atoms with van der Waals surface area (Å²) in [6, 6.07) is 3.24. The number of piperazine rings is 1. The lowest BCUT2D eigenvalue weighted by molar-refractivity contribution is -0.138. The average Bonchev–Trinajstić information content (AvgIpc) is 2.93. The molecule has 1 saturated heterocycles. The maximum absolute atomic E-state index is 12.8. The first-order valence-corrected chi connectivity index (χ1v) is 8.24. The van der Waals surface area contributed by atoms with E-state index in [4.69, 9.17) is 4.42 Å². The van der Waals surface area contributed by atoms with Crippen LogP contribution in [0.5, 0.6) is 0 Å². The van der Waals surface area contributed by atoms with Crippen molar-refractivity contribution in [2.24, 2.45) is 0 Å². The Morgan fingerprint density at radius 3 is 2.84 bits per heavy atom. The molecule has 1 N–H and O–H groups in total. The van der Waals surface area contributed by atoms with Crippen LogP contribution in [0.4, 0.5) is 13.2 Å². The molecule has 1 aromatic heterocycles. The fraction of sp³-hybridized carbons (Fsp3) is 0.529. The minimum Gasteiger partial charge on any atom is -0.439 e. The number of carbonyl (C=O) groups excluding carboxylic acids is 1. The summed E-state index contributed by atoms with van der Waals surface area (Å²) in [5.74, 6) is 0.266. The number of hydrogen-bond acceptors (Lipinski definition) is 4. The highest BCUT2D eigenvalue weighted by Crippen LogP contribution is 2.32. The smallest absolute Gasteiger partial charge is 0.416 e. The zero-order valence-corrected chi connectivity index (χ0v) is 14.1. The Labute approximate surface area is 143 Å². The first kappa shape index (κ1) is 17.7. The summed E-state index contributed by atoms with van der Waals surface area (Å²) in [6.07, 6.45) is -2.90. The summed E-state index contributed by atoms with van der Waals surface area (Å²) >= 11 is 0. The van der Waals surface area contributed by atoms with Gasteiger partial charge in [0.15, 0.2) is 5.58 Å². The van der Waals surface area contributed by atoms with Crippen LogP contribution in [0.15, 0.2) is 22.6 Å². The van der Waals surface area contributed by atoms with E-state index in [-0.39, 0.29) is 18.0 Å². The lowest BCUT2D eigenvalue weighted by atomic mass is 9.90. The molecule has 0 saturated carbocycles. The van der Waals surface area contributed by atoms with Crippen LogP contribution in [0.2, 0.25) is 0 Å². The molecule has 0 radical (unpaired) electrons. The molecule has 25 heavy (non-hydrogen) atoms. The first-order chi connectivity index (χ1) is 11.7. The number of nitrogens with zero attached hydrogens (tertiary/aromatic N) is 2. The van der Waals surface area contributed by atoms with Gasteiger partial charge in [0.25, 0.3) is 0 Å². The number of halogens is 3. The number of amides is 1. The van der Waals surface area contributed by atoms with Gasteiger partial charge in [0.05, 0.1) is 17.6 Å². The minimum atomic E-state index is -4.42. The van der Waals surface area contributed by atoms with Crippen molar-refractivity contribution in [3.63, 3.8) is 0 Å². The molecule has 1 atom stereocenters. The van der Waals surface area contributed by atoms with Gasteiger partial charge < -0.3 is 9.73 Å². The summed E-state index contributed by atoms with van der Waals surface area (Å²) in [6.45, 7) is 5.31. The standard InChI is InChI=1S/C17H20F3N3O2/c1-3-6-16(2)15(24)21-7-8-23(16)10-14-22-12-9-11(17(18,19)20)4-5-13(12)25-14/h4-5,9H,3,6-8,10H2,1-2H3,(H,21,24). The summed E-state index contributed by atoms with van der Waals surface area (Å²) in [5, 5.41) is 2.87. The van der Waals surface area contributed by atoms with Gasteiger partial charge in [-0.05, 0) is 31.5 Å². The Balaban J connectivity index is 1.88. The van der Waals surface area contributed by atoms with Crippen molar-refractivity contribution < 1.29 is 22.4 Å². The largest absolute Gasteiger partial charge is 0.439 e. The molecular weight excluding hydrogens is 335 g/mol. The molecule has 3 rings (SSSR count). The summed E-state index contributed by atoms with van der Waals surface area (Å²) in [5.41, 5.74) is -0.955. The van der Waals surface area contributed by atoms with E-state index in [9.17, 15) is 18.0 Å². The SMILES string of the molecule is CCCC1(C)C(=O)NCCN1Cc1nc2cc(C(F)(F)F)ccc2o1. The van der Waals surface area contributed by atoms with Crippen molar-refractivity contribution in [2.45, 2.75) is 44.9 Å². The third-order valence-electron chi connectivity index (χ3n) is 4.68. The van der Waals surface area contributed by atoms with Gasteiger partial charge in [-0.1, -0.05) is 13.3 Å². The van der Waals surface area contributed by atoms with E-state index in [2.05, 4.69) is 10.3 Å². The molecule has 1 unspecified atom stereocenters. The Bertz CT molecular complexity index is 787. The summed E-state index contributed by atoms with van der Waals surface area (Å²) < 4.78 is 44.0. The van der Waals surface area contributed by atoms with Crippen LogP contribution >= 0.6 is 0 Å². The van der Waals surface area contributed by atoms with Crippen molar-refractivity contribution in [3.8, 4) is 0 Å². The molecule has 8 heteroatoms. The average molecular weight is 355 g/mol. The van der Waals surface area contributed by atoms with Crippen molar-refractivity contribution in [1.29, 1.82) is 0 Å². The number of fused-ring (bicyclic) bond motifs is 1. The molecule has 0 aliphatic carbocycles. The lowest BCUT2D eigenvalue weighted by Crippen LogP contribution is -2.62. The maximum atomic E-state index is 12.8. The van der Waals surface area contributed by atoms with E-state index < -0.39 is 17.3 Å². The van der Waals surface area contributed by atoms with Crippen LogP contribution in [0, 0.1) is 0 Å². The van der Waals surface area contributed by atoms with Gasteiger partial charge in [0, 0.05) is 13.1 Å². The zero-order chi connectivity index (χ0) is 18.2. The molecular formula is C17H20F3N3O2. The molecule has 1 aromatic carbocycles. The van der Waals surface area contributed by atoms with Gasteiger partial charge in [0.1, 0.15) is 5.52 Å². The third kappa shape index (κ3) is 3.35. The van der Waals surface area contributed by atoms with Crippen molar-refractivity contribution in [3.05, 3.63) is 29.7 Å². The van der Waals surface area contributed by atoms with Crippen molar-refractivity contribution >= 4 is 17.0 Å². The molecule has 5 nitrogen and oxygen atoms in total. The van der Waals surface area contributed by atoms with E-state index in [1.807, 2.05) is 18.7 Å². The molecule has 2 heterocycles. The van der Waals surface area contributed by atoms with Gasteiger partial charge in [0.2, 0.25) is 11.8 Å². The number of rotatable bonds is 4. The van der Waals surface area contributed by atoms with E-state index in [1.54, 1.807) is 0 Å². The molecule has 1 aliphatic rings. The maximum Gasteiger partial charge on any atom is 0.416 e. The minimum absolute atomic E-state index is 0.0453. The normalized spacial score (nSPS) is 22.4. The fourth-order valence-corrected chi connectivity index (χ4v) is 3.28. The van der Waals surface area contributed by atoms with E-state index in [0.29, 0.717) is 31.0 Å². The second kappa shape index (κ2) is 6.33. The fourth-order valence-electron chi connectivity index (χ4n) is 3.28. The van der Waals surface area contributed by atoms with Crippen LogP contribution in [0.1, 0.15) is 38.1 Å². The molecule has 2 aromatic rings. The van der Waals surface area contributed by atoms with Gasteiger partial charge in [-0.2, -0.15) is 13.2 Å². The molecule has 1 aliphatic heterocycles. The predicted octanol–water partition coefficient (Wildman–Crippen LogP) is 3.34. The van der Waals surface area contributed by atoms with Crippen LogP contribution in [-0.4, -0.2) is 34.4 Å². The lowest BCUT2D eigenvalue weighted by Gasteiger charge is -2.43.